The van der Waals surface area contributed by atoms with Crippen LogP contribution in [0.5, 0.6) is 0 Å². The van der Waals surface area contributed by atoms with Crippen LogP contribution in [0.1, 0.15) is 32.1 Å². The Labute approximate surface area is 152 Å². The number of rotatable bonds is 4. The zero-order chi connectivity index (χ0) is 18.3. The first kappa shape index (κ1) is 17.5. The van der Waals surface area contributed by atoms with Gasteiger partial charge < -0.3 is 15.4 Å². The summed E-state index contributed by atoms with van der Waals surface area (Å²) in [5.74, 6) is 0.548. The van der Waals surface area contributed by atoms with Crippen molar-refractivity contribution in [3.8, 4) is 0 Å². The number of carbonyl (C=O) groups is 2. The summed E-state index contributed by atoms with van der Waals surface area (Å²) < 4.78 is 19.2. The van der Waals surface area contributed by atoms with Gasteiger partial charge in [-0.2, -0.15) is 0 Å². The third kappa shape index (κ3) is 3.00. The van der Waals surface area contributed by atoms with Gasteiger partial charge in [-0.15, -0.1) is 0 Å². The lowest BCUT2D eigenvalue weighted by atomic mass is 9.49. The Balaban J connectivity index is 1.39. The van der Waals surface area contributed by atoms with E-state index in [0.29, 0.717) is 18.4 Å². The molecule has 0 saturated heterocycles. The smallest absolute Gasteiger partial charge is 0.313 e. The van der Waals surface area contributed by atoms with Crippen LogP contribution in [-0.2, 0) is 14.3 Å². The van der Waals surface area contributed by atoms with E-state index < -0.39 is 17.6 Å². The van der Waals surface area contributed by atoms with E-state index in [1.807, 2.05) is 0 Å². The lowest BCUT2D eigenvalue weighted by molar-refractivity contribution is -0.188. The maximum Gasteiger partial charge on any atom is 0.313 e. The number of carbonyl (C=O) groups excluding carboxylic acids is 2. The van der Waals surface area contributed by atoms with E-state index in [9.17, 15) is 14.0 Å². The van der Waals surface area contributed by atoms with E-state index in [4.69, 9.17) is 4.74 Å². The van der Waals surface area contributed by atoms with Gasteiger partial charge in [0.1, 0.15) is 5.82 Å². The molecule has 0 atom stereocenters. The fourth-order valence-corrected chi connectivity index (χ4v) is 5.73. The average Bonchev–Trinajstić information content (AvgIpc) is 2.61. The topological polar surface area (TPSA) is 67.4 Å². The summed E-state index contributed by atoms with van der Waals surface area (Å²) in [7, 11) is 1.72. The summed E-state index contributed by atoms with van der Waals surface area (Å²) in [6.07, 6.45) is 5.98. The molecule has 4 saturated carbocycles. The monoisotopic (exact) mass is 360 g/mol. The molecule has 0 aliphatic heterocycles. The largest absolute Gasteiger partial charge is 0.376 e. The normalized spacial score (nSPS) is 34.5. The van der Waals surface area contributed by atoms with Crippen LogP contribution in [0.15, 0.2) is 24.3 Å². The first-order chi connectivity index (χ1) is 12.5. The number of nitrogens with one attached hydrogen (secondary N) is 2. The van der Waals surface area contributed by atoms with Crippen molar-refractivity contribution in [3.63, 3.8) is 0 Å². The Morgan fingerprint density at radius 1 is 1.12 bits per heavy atom. The molecule has 4 fully saturated rings. The lowest BCUT2D eigenvalue weighted by Gasteiger charge is -2.60. The minimum atomic E-state index is -0.786. The molecule has 1 aromatic rings. The number of hydrogen-bond acceptors (Lipinski definition) is 3. The fourth-order valence-electron chi connectivity index (χ4n) is 5.73. The Morgan fingerprint density at radius 2 is 1.77 bits per heavy atom. The predicted molar refractivity (Wildman–Crippen MR) is 94.8 cm³/mol. The van der Waals surface area contributed by atoms with Gasteiger partial charge in [-0.1, -0.05) is 6.07 Å². The van der Waals surface area contributed by atoms with Crippen LogP contribution in [0.3, 0.4) is 0 Å². The molecule has 0 unspecified atom stereocenters. The average molecular weight is 360 g/mol. The number of hydrogen-bond donors (Lipinski definition) is 2. The van der Waals surface area contributed by atoms with E-state index in [1.54, 1.807) is 13.2 Å². The third-order valence-electron chi connectivity index (χ3n) is 6.71. The van der Waals surface area contributed by atoms with Crippen molar-refractivity contribution in [2.45, 2.75) is 37.7 Å². The van der Waals surface area contributed by atoms with Gasteiger partial charge in [0.15, 0.2) is 0 Å². The second-order valence-electron chi connectivity index (χ2n) is 8.11. The van der Waals surface area contributed by atoms with Gasteiger partial charge in [-0.05, 0) is 74.0 Å². The number of halogens is 1. The number of benzene rings is 1. The van der Waals surface area contributed by atoms with E-state index >= 15 is 0 Å². The Hall–Kier alpha value is -1.95. The number of ether oxygens (including phenoxy) is 1. The summed E-state index contributed by atoms with van der Waals surface area (Å²) >= 11 is 0. The van der Waals surface area contributed by atoms with Crippen LogP contribution in [-0.4, -0.2) is 31.1 Å². The molecule has 4 bridgehead atoms. The molecule has 5 rings (SSSR count). The molecule has 2 N–H and O–H groups in total. The molecule has 5 nitrogen and oxygen atoms in total. The maximum absolute atomic E-state index is 13.2. The molecule has 1 aromatic carbocycles. The van der Waals surface area contributed by atoms with Gasteiger partial charge in [0.2, 0.25) is 0 Å². The van der Waals surface area contributed by atoms with Gasteiger partial charge in [0.05, 0.1) is 5.60 Å². The molecule has 4 aliphatic rings. The van der Waals surface area contributed by atoms with Crippen LogP contribution < -0.4 is 10.6 Å². The molecule has 0 spiro atoms. The first-order valence-corrected chi connectivity index (χ1v) is 9.40. The number of anilines is 1. The fraction of sp³-hybridized carbons (Fsp3) is 0.600. The van der Waals surface area contributed by atoms with E-state index in [1.165, 1.54) is 24.6 Å². The zero-order valence-corrected chi connectivity index (χ0v) is 15.0. The molecule has 26 heavy (non-hydrogen) atoms. The van der Waals surface area contributed by atoms with Crippen molar-refractivity contribution in [2.75, 3.05) is 19.0 Å². The zero-order valence-electron chi connectivity index (χ0n) is 15.0. The standard InChI is InChI=1S/C20H25FN2O3/c1-26-20(14-6-12-5-13(8-14)9-15(20)7-12)11-22-18(24)19(25)23-17-4-2-3-16(21)10-17/h2-4,10,12-15H,5-9,11H2,1H3,(H,22,24)(H,23,25). The quantitative estimate of drug-likeness (QED) is 0.812. The minimum Gasteiger partial charge on any atom is -0.376 e. The van der Waals surface area contributed by atoms with E-state index in [-0.39, 0.29) is 11.3 Å². The highest BCUT2D eigenvalue weighted by Crippen LogP contribution is 2.59. The molecule has 0 radical (unpaired) electrons. The van der Waals surface area contributed by atoms with Gasteiger partial charge in [-0.3, -0.25) is 9.59 Å². The highest BCUT2D eigenvalue weighted by molar-refractivity contribution is 6.39. The summed E-state index contributed by atoms with van der Waals surface area (Å²) in [6, 6.07) is 5.49. The Bertz CT molecular complexity index is 693. The van der Waals surface area contributed by atoms with Crippen molar-refractivity contribution >= 4 is 17.5 Å². The van der Waals surface area contributed by atoms with Crippen molar-refractivity contribution in [2.24, 2.45) is 23.7 Å². The van der Waals surface area contributed by atoms with Crippen molar-refractivity contribution < 1.29 is 18.7 Å². The number of amides is 2. The molecule has 2 amide bonds. The SMILES string of the molecule is COC1(CNC(=O)C(=O)Nc2cccc(F)c2)C2CC3CC(C2)CC1C3. The highest BCUT2D eigenvalue weighted by Gasteiger charge is 2.57. The van der Waals surface area contributed by atoms with Gasteiger partial charge in [0, 0.05) is 19.3 Å². The summed E-state index contributed by atoms with van der Waals surface area (Å²) in [5.41, 5.74) is -0.0939. The van der Waals surface area contributed by atoms with E-state index in [0.717, 1.165) is 37.5 Å². The maximum atomic E-state index is 13.2. The van der Waals surface area contributed by atoms with Crippen LogP contribution in [0.2, 0.25) is 0 Å². The molecule has 4 aliphatic carbocycles. The summed E-state index contributed by atoms with van der Waals surface area (Å²) in [5, 5.41) is 5.20. The lowest BCUT2D eigenvalue weighted by Crippen LogP contribution is -2.63. The van der Waals surface area contributed by atoms with Crippen LogP contribution in [0.4, 0.5) is 10.1 Å². The molecular weight excluding hydrogens is 335 g/mol. The Kier molecular flexibility index (Phi) is 4.47. The van der Waals surface area contributed by atoms with Gasteiger partial charge in [0.25, 0.3) is 0 Å². The van der Waals surface area contributed by atoms with Crippen molar-refractivity contribution in [1.29, 1.82) is 0 Å². The third-order valence-corrected chi connectivity index (χ3v) is 6.71. The van der Waals surface area contributed by atoms with Crippen molar-refractivity contribution in [1.82, 2.24) is 5.32 Å². The second kappa shape index (κ2) is 6.65. The summed E-state index contributed by atoms with van der Waals surface area (Å²) in [4.78, 5) is 24.4. The van der Waals surface area contributed by atoms with Crippen LogP contribution >= 0.6 is 0 Å². The summed E-state index contributed by atoms with van der Waals surface area (Å²) in [6.45, 7) is 0.355. The molecule has 0 aromatic heterocycles. The van der Waals surface area contributed by atoms with Crippen molar-refractivity contribution in [3.05, 3.63) is 30.1 Å². The number of methoxy groups -OCH3 is 1. The second-order valence-corrected chi connectivity index (χ2v) is 8.11. The molecule has 0 heterocycles. The highest BCUT2D eigenvalue weighted by atomic mass is 19.1. The molecule has 6 heteroatoms. The van der Waals surface area contributed by atoms with Gasteiger partial charge in [-0.25, -0.2) is 4.39 Å². The minimum absolute atomic E-state index is 0.265. The molecular formula is C20H25FN2O3. The van der Waals surface area contributed by atoms with Crippen LogP contribution in [0, 0.1) is 29.5 Å². The molecule has 140 valence electrons. The van der Waals surface area contributed by atoms with Crippen LogP contribution in [0.25, 0.3) is 0 Å². The predicted octanol–water partition coefficient (Wildman–Crippen LogP) is 2.72. The Morgan fingerprint density at radius 3 is 2.35 bits per heavy atom. The first-order valence-electron chi connectivity index (χ1n) is 9.40. The van der Waals surface area contributed by atoms with Gasteiger partial charge >= 0.3 is 11.8 Å². The van der Waals surface area contributed by atoms with E-state index in [2.05, 4.69) is 10.6 Å².